The van der Waals surface area contributed by atoms with Gasteiger partial charge in [0.15, 0.2) is 0 Å². The number of hydrogen-bond acceptors (Lipinski definition) is 9. The van der Waals surface area contributed by atoms with Gasteiger partial charge in [-0.05, 0) is 85.6 Å². The van der Waals surface area contributed by atoms with Gasteiger partial charge in [-0.3, -0.25) is 24.4 Å². The van der Waals surface area contributed by atoms with Crippen LogP contribution in [-0.2, 0) is 22.2 Å². The molecular formula is C41H47F3N6O5. The molecule has 6 rings (SSSR count). The fraction of sp³-hybridized carbons (Fsp3) is 0.390. The molecule has 0 aliphatic carbocycles. The van der Waals surface area contributed by atoms with Crippen molar-refractivity contribution < 1.29 is 37.3 Å². The summed E-state index contributed by atoms with van der Waals surface area (Å²) >= 11 is 0. The highest BCUT2D eigenvalue weighted by molar-refractivity contribution is 6.08. The van der Waals surface area contributed by atoms with Gasteiger partial charge in [0.25, 0.3) is 11.8 Å². The van der Waals surface area contributed by atoms with E-state index >= 15 is 0 Å². The van der Waals surface area contributed by atoms with E-state index in [4.69, 9.17) is 9.47 Å². The summed E-state index contributed by atoms with van der Waals surface area (Å²) in [6.07, 6.45) is -2.14. The number of rotatable bonds is 14. The first-order valence-corrected chi connectivity index (χ1v) is 18.4. The van der Waals surface area contributed by atoms with Crippen molar-refractivity contribution in [2.45, 2.75) is 37.8 Å². The molecule has 2 amide bonds. The predicted molar refractivity (Wildman–Crippen MR) is 204 cm³/mol. The number of aliphatic hydroxyl groups excluding tert-OH is 1. The van der Waals surface area contributed by atoms with Crippen LogP contribution in [-0.4, -0.2) is 104 Å². The molecule has 292 valence electrons. The van der Waals surface area contributed by atoms with Gasteiger partial charge in [-0.15, -0.1) is 0 Å². The molecule has 0 bridgehead atoms. The van der Waals surface area contributed by atoms with Gasteiger partial charge in [-0.1, -0.05) is 24.3 Å². The van der Waals surface area contributed by atoms with E-state index in [1.165, 1.54) is 6.07 Å². The molecule has 2 aliphatic rings. The van der Waals surface area contributed by atoms with Crippen molar-refractivity contribution in [1.82, 2.24) is 20.1 Å². The SMILES string of the molecule is COCC1CCCN1c1ccc(NC(=O)c2cccc(C(=O)NCCN3CCOCC3)c2)c(-c2cc(C(O)N(C)Cc3cccc(C(F)(F)F)c3)ccn2)c1. The lowest BCUT2D eigenvalue weighted by molar-refractivity contribution is -0.137. The van der Waals surface area contributed by atoms with E-state index in [2.05, 4.69) is 25.4 Å². The first kappa shape index (κ1) is 39.8. The number of amides is 2. The Morgan fingerprint density at radius 2 is 1.76 bits per heavy atom. The number of nitrogens with zero attached hydrogens (tertiary/aromatic N) is 4. The number of methoxy groups -OCH3 is 1. The fourth-order valence-electron chi connectivity index (χ4n) is 7.05. The van der Waals surface area contributed by atoms with E-state index in [1.54, 1.807) is 67.7 Å². The maximum absolute atomic E-state index is 13.8. The number of hydrogen-bond donors (Lipinski definition) is 3. The topological polar surface area (TPSA) is 120 Å². The number of aliphatic hydroxyl groups is 1. The van der Waals surface area contributed by atoms with Crippen LogP contribution >= 0.6 is 0 Å². The van der Waals surface area contributed by atoms with Crippen molar-refractivity contribution in [3.8, 4) is 11.3 Å². The number of anilines is 2. The lowest BCUT2D eigenvalue weighted by atomic mass is 10.0. The number of aromatic nitrogens is 1. The second-order valence-corrected chi connectivity index (χ2v) is 13.9. The number of alkyl halides is 3. The molecule has 2 atom stereocenters. The van der Waals surface area contributed by atoms with Gasteiger partial charge in [-0.2, -0.15) is 13.2 Å². The van der Waals surface area contributed by atoms with Crippen molar-refractivity contribution in [1.29, 1.82) is 0 Å². The highest BCUT2D eigenvalue weighted by Crippen LogP contribution is 2.36. The Labute approximate surface area is 319 Å². The third-order valence-electron chi connectivity index (χ3n) is 9.99. The first-order valence-electron chi connectivity index (χ1n) is 18.4. The molecule has 3 heterocycles. The van der Waals surface area contributed by atoms with E-state index < -0.39 is 23.9 Å². The minimum atomic E-state index is -4.48. The number of pyridine rings is 1. The van der Waals surface area contributed by atoms with Crippen molar-refractivity contribution in [2.24, 2.45) is 0 Å². The molecule has 2 fully saturated rings. The number of ether oxygens (including phenoxy) is 2. The molecule has 0 radical (unpaired) electrons. The quantitative estimate of drug-likeness (QED) is 0.137. The van der Waals surface area contributed by atoms with Crippen LogP contribution in [0.2, 0.25) is 0 Å². The molecule has 0 spiro atoms. The van der Waals surface area contributed by atoms with Gasteiger partial charge in [-0.25, -0.2) is 0 Å². The summed E-state index contributed by atoms with van der Waals surface area (Å²) in [7, 11) is 3.30. The van der Waals surface area contributed by atoms with E-state index in [0.717, 1.165) is 50.3 Å². The Bertz CT molecular complexity index is 1940. The van der Waals surface area contributed by atoms with E-state index in [-0.39, 0.29) is 18.5 Å². The summed E-state index contributed by atoms with van der Waals surface area (Å²) in [6.45, 7) is 5.61. The fourth-order valence-corrected chi connectivity index (χ4v) is 7.05. The minimum Gasteiger partial charge on any atom is -0.383 e. The summed E-state index contributed by atoms with van der Waals surface area (Å²) < 4.78 is 50.9. The Hall–Kier alpha value is -4.86. The third-order valence-corrected chi connectivity index (χ3v) is 9.99. The van der Waals surface area contributed by atoms with Crippen LogP contribution in [0.25, 0.3) is 11.3 Å². The lowest BCUT2D eigenvalue weighted by Gasteiger charge is -2.27. The molecule has 3 N–H and O–H groups in total. The molecule has 0 saturated carbocycles. The molecule has 55 heavy (non-hydrogen) atoms. The zero-order chi connectivity index (χ0) is 39.0. The Kier molecular flexibility index (Phi) is 13.2. The monoisotopic (exact) mass is 760 g/mol. The van der Waals surface area contributed by atoms with E-state index in [0.29, 0.717) is 72.1 Å². The number of morpholine rings is 1. The average molecular weight is 761 g/mol. The van der Waals surface area contributed by atoms with Gasteiger partial charge in [0.1, 0.15) is 6.23 Å². The second kappa shape index (κ2) is 18.2. The standard InChI is InChI=1S/C41H47F3N6O5/c1-48(26-28-6-3-9-32(22-28)41(42,43)44)40(53)31-13-14-45-37(24-31)35-25-33(50-16-5-10-34(50)27-54-2)11-12-36(35)47-39(52)30-8-4-7-29(23-30)38(51)46-15-17-49-18-20-55-21-19-49/h3-4,6-9,11-14,22-25,34,40,53H,5,10,15-21,26-27H2,1-2H3,(H,46,51)(H,47,52). The Morgan fingerprint density at radius 1 is 1.00 bits per heavy atom. The molecule has 1 aromatic heterocycles. The van der Waals surface area contributed by atoms with Gasteiger partial charge < -0.3 is 30.1 Å². The summed E-state index contributed by atoms with van der Waals surface area (Å²) in [5.41, 5.74) is 3.21. The summed E-state index contributed by atoms with van der Waals surface area (Å²) in [6, 6.07) is 20.8. The molecule has 2 saturated heterocycles. The van der Waals surface area contributed by atoms with Crippen molar-refractivity contribution in [3.63, 3.8) is 0 Å². The maximum Gasteiger partial charge on any atom is 0.416 e. The largest absolute Gasteiger partial charge is 0.416 e. The zero-order valence-electron chi connectivity index (χ0n) is 31.0. The highest BCUT2D eigenvalue weighted by atomic mass is 19.4. The number of carbonyl (C=O) groups excluding carboxylic acids is 2. The molecular weight excluding hydrogens is 713 g/mol. The predicted octanol–water partition coefficient (Wildman–Crippen LogP) is 5.82. The molecule has 11 nitrogen and oxygen atoms in total. The molecule has 2 unspecified atom stereocenters. The van der Waals surface area contributed by atoms with Crippen molar-refractivity contribution >= 4 is 23.2 Å². The van der Waals surface area contributed by atoms with Gasteiger partial charge in [0.05, 0.1) is 42.8 Å². The van der Waals surface area contributed by atoms with E-state index in [1.807, 2.05) is 18.2 Å². The van der Waals surface area contributed by atoms with Crippen LogP contribution < -0.4 is 15.5 Å². The summed E-state index contributed by atoms with van der Waals surface area (Å²) in [5.74, 6) is -0.700. The number of benzene rings is 3. The minimum absolute atomic E-state index is 0.0559. The van der Waals surface area contributed by atoms with Gasteiger partial charge in [0, 0.05) is 75.0 Å². The number of halogens is 3. The van der Waals surface area contributed by atoms with Crippen molar-refractivity contribution in [2.75, 3.05) is 76.9 Å². The third kappa shape index (κ3) is 10.3. The number of nitrogens with one attached hydrogen (secondary N) is 2. The zero-order valence-corrected chi connectivity index (χ0v) is 31.0. The molecule has 2 aliphatic heterocycles. The average Bonchev–Trinajstić information content (AvgIpc) is 3.66. The molecule has 14 heteroatoms. The normalized spacial score (nSPS) is 17.0. The van der Waals surface area contributed by atoms with Crippen LogP contribution in [0.1, 0.15) is 56.5 Å². The van der Waals surface area contributed by atoms with Crippen LogP contribution in [0.5, 0.6) is 0 Å². The van der Waals surface area contributed by atoms with Crippen LogP contribution in [0, 0.1) is 0 Å². The van der Waals surface area contributed by atoms with Crippen LogP contribution in [0.15, 0.2) is 85.1 Å². The Balaban J connectivity index is 1.23. The van der Waals surface area contributed by atoms with Gasteiger partial charge >= 0.3 is 6.18 Å². The molecule has 3 aromatic carbocycles. The smallest absolute Gasteiger partial charge is 0.383 e. The van der Waals surface area contributed by atoms with Crippen LogP contribution in [0.4, 0.5) is 24.5 Å². The Morgan fingerprint density at radius 3 is 2.53 bits per heavy atom. The lowest BCUT2D eigenvalue weighted by Crippen LogP contribution is -2.41. The number of carbonyl (C=O) groups is 2. The summed E-state index contributed by atoms with van der Waals surface area (Å²) in [4.78, 5) is 37.4. The molecule has 4 aromatic rings. The van der Waals surface area contributed by atoms with Gasteiger partial charge in [0.2, 0.25) is 0 Å². The summed E-state index contributed by atoms with van der Waals surface area (Å²) in [5, 5.41) is 17.3. The van der Waals surface area contributed by atoms with Crippen LogP contribution in [0.3, 0.4) is 0 Å². The maximum atomic E-state index is 13.8. The van der Waals surface area contributed by atoms with E-state index in [9.17, 15) is 27.9 Å². The second-order valence-electron chi connectivity index (χ2n) is 13.9. The van der Waals surface area contributed by atoms with Crippen molar-refractivity contribution in [3.05, 3.63) is 113 Å². The first-order chi connectivity index (χ1) is 26.5. The highest BCUT2D eigenvalue weighted by Gasteiger charge is 2.31.